The number of hydrogen-bond donors (Lipinski definition) is 0. The molecule has 8 heteroatoms. The van der Waals surface area contributed by atoms with Gasteiger partial charge < -0.3 is 0 Å². The molecule has 0 aliphatic heterocycles. The molecule has 0 aromatic rings. The molecule has 0 N–H and O–H groups in total. The van der Waals surface area contributed by atoms with Crippen molar-refractivity contribution < 1.29 is 30.8 Å². The van der Waals surface area contributed by atoms with Crippen LogP contribution >= 0.6 is 0 Å². The molecule has 0 unspecified atom stereocenters. The molecular formula is C4H2F7N. The summed E-state index contributed by atoms with van der Waals surface area (Å²) in [6, 6.07) is -5.38. The fourth-order valence-electron chi connectivity index (χ4n) is 0.266. The van der Waals surface area contributed by atoms with Crippen LogP contribution in [0.3, 0.4) is 0 Å². The second-order valence-electron chi connectivity index (χ2n) is 1.69. The Morgan fingerprint density at radius 2 is 1.42 bits per heavy atom. The normalized spacial score (nSPS) is 13.7. The van der Waals surface area contributed by atoms with Crippen molar-refractivity contribution in [3.8, 4) is 0 Å². The third kappa shape index (κ3) is 2.10. The Balaban J connectivity index is 4.69. The van der Waals surface area contributed by atoms with Crippen molar-refractivity contribution in [2.75, 3.05) is 0 Å². The maximum absolute atomic E-state index is 11.8. The maximum Gasteiger partial charge on any atom is 0.492 e. The van der Waals surface area contributed by atoms with Crippen LogP contribution in [0.15, 0.2) is 12.4 Å². The Hall–Kier alpha value is -0.790. The highest BCUT2D eigenvalue weighted by molar-refractivity contribution is 4.95. The lowest BCUT2D eigenvalue weighted by Gasteiger charge is -2.22. The van der Waals surface area contributed by atoms with E-state index in [-0.39, 0.29) is 0 Å². The first kappa shape index (κ1) is 11.2. The fourth-order valence-corrected chi connectivity index (χ4v) is 0.266. The zero-order valence-electron chi connectivity index (χ0n) is 5.30. The molecule has 0 aromatic carbocycles. The van der Waals surface area contributed by atoms with Gasteiger partial charge in [0.15, 0.2) is 5.83 Å². The molecule has 12 heavy (non-hydrogen) atoms. The van der Waals surface area contributed by atoms with Crippen molar-refractivity contribution in [3.63, 3.8) is 0 Å². The predicted molar refractivity (Wildman–Crippen MR) is 24.2 cm³/mol. The van der Waals surface area contributed by atoms with Crippen LogP contribution in [0.4, 0.5) is 30.8 Å². The number of nitrogens with zero attached hydrogens (tertiary/aromatic N) is 1. The standard InChI is InChI=1S/C4H2F7N/c1-2(5)3(6,7)12(11)4(8,9)10/h1H2. The maximum atomic E-state index is 11.8. The van der Waals surface area contributed by atoms with Crippen molar-refractivity contribution in [2.45, 2.75) is 12.3 Å². The highest BCUT2D eigenvalue weighted by Gasteiger charge is 2.56. The molecule has 0 saturated heterocycles. The quantitative estimate of drug-likeness (QED) is 0.373. The van der Waals surface area contributed by atoms with E-state index in [2.05, 4.69) is 0 Å². The molecule has 0 saturated carbocycles. The molecular weight excluding hydrogens is 195 g/mol. The van der Waals surface area contributed by atoms with E-state index in [1.807, 2.05) is 6.58 Å². The van der Waals surface area contributed by atoms with E-state index in [0.29, 0.717) is 0 Å². The molecule has 0 heterocycles. The SMILES string of the molecule is C=C(F)C(F)(F)N(F)C(F)(F)F. The Bertz CT molecular complexity index is 182. The summed E-state index contributed by atoms with van der Waals surface area (Å²) in [5.74, 6) is -2.72. The Morgan fingerprint density at radius 3 is 1.50 bits per heavy atom. The van der Waals surface area contributed by atoms with Crippen LogP contribution in [0.2, 0.25) is 0 Å². The van der Waals surface area contributed by atoms with Gasteiger partial charge in [0.1, 0.15) is 0 Å². The van der Waals surface area contributed by atoms with Crippen molar-refractivity contribution >= 4 is 0 Å². The van der Waals surface area contributed by atoms with Gasteiger partial charge in [-0.2, -0.15) is 22.0 Å². The van der Waals surface area contributed by atoms with Gasteiger partial charge in [0, 0.05) is 5.12 Å². The molecule has 0 fully saturated rings. The van der Waals surface area contributed by atoms with Gasteiger partial charge in [0.25, 0.3) is 0 Å². The van der Waals surface area contributed by atoms with Gasteiger partial charge in [-0.1, -0.05) is 6.58 Å². The van der Waals surface area contributed by atoms with E-state index in [0.717, 1.165) is 0 Å². The third-order valence-corrected chi connectivity index (χ3v) is 0.796. The zero-order valence-corrected chi connectivity index (χ0v) is 5.30. The van der Waals surface area contributed by atoms with Gasteiger partial charge in [-0.05, 0) is 0 Å². The summed E-state index contributed by atoms with van der Waals surface area (Å²) < 4.78 is 80.2. The lowest BCUT2D eigenvalue weighted by atomic mass is 10.5. The number of hydrogen-bond acceptors (Lipinski definition) is 1. The minimum absolute atomic E-state index is 1.86. The Morgan fingerprint density at radius 1 is 1.08 bits per heavy atom. The van der Waals surface area contributed by atoms with Crippen LogP contribution in [0, 0.1) is 0 Å². The predicted octanol–water partition coefficient (Wildman–Crippen LogP) is 2.77. The van der Waals surface area contributed by atoms with E-state index in [1.54, 1.807) is 0 Å². The van der Waals surface area contributed by atoms with Gasteiger partial charge in [-0.3, -0.25) is 0 Å². The summed E-state index contributed by atoms with van der Waals surface area (Å²) in [5.41, 5.74) is 0. The minimum Gasteiger partial charge on any atom is -0.204 e. The second-order valence-corrected chi connectivity index (χ2v) is 1.69. The largest absolute Gasteiger partial charge is 0.492 e. The third-order valence-electron chi connectivity index (χ3n) is 0.796. The molecule has 1 nitrogen and oxygen atoms in total. The van der Waals surface area contributed by atoms with E-state index < -0.39 is 23.3 Å². The van der Waals surface area contributed by atoms with Crippen molar-refractivity contribution in [3.05, 3.63) is 12.4 Å². The molecule has 0 aliphatic carbocycles. The summed E-state index contributed by atoms with van der Waals surface area (Å²) in [5, 5.41) is -2.86. The van der Waals surface area contributed by atoms with Crippen LogP contribution in [-0.2, 0) is 0 Å². The topological polar surface area (TPSA) is 3.24 Å². The van der Waals surface area contributed by atoms with Crippen LogP contribution in [0.25, 0.3) is 0 Å². The van der Waals surface area contributed by atoms with Crippen LogP contribution < -0.4 is 0 Å². The summed E-state index contributed by atoms with van der Waals surface area (Å²) >= 11 is 0. The van der Waals surface area contributed by atoms with E-state index >= 15 is 0 Å². The Kier molecular flexibility index (Phi) is 2.73. The molecule has 0 atom stereocenters. The van der Waals surface area contributed by atoms with Crippen molar-refractivity contribution in [1.82, 2.24) is 5.12 Å². The average molecular weight is 197 g/mol. The summed E-state index contributed by atoms with van der Waals surface area (Å²) in [6.45, 7) is 1.86. The lowest BCUT2D eigenvalue weighted by molar-refractivity contribution is -0.392. The molecule has 72 valence electrons. The fraction of sp³-hybridized carbons (Fsp3) is 0.500. The molecule has 0 aromatic heterocycles. The zero-order chi connectivity index (χ0) is 10.2. The Labute approximate surface area is 62.0 Å². The number of halogens is 7. The molecule has 0 aliphatic rings. The van der Waals surface area contributed by atoms with Gasteiger partial charge in [-0.25, -0.2) is 4.39 Å². The van der Waals surface area contributed by atoms with E-state index in [1.165, 1.54) is 0 Å². The first-order valence-electron chi connectivity index (χ1n) is 2.35. The molecule has 0 spiro atoms. The van der Waals surface area contributed by atoms with E-state index in [9.17, 15) is 30.8 Å². The van der Waals surface area contributed by atoms with Gasteiger partial charge >= 0.3 is 12.3 Å². The van der Waals surface area contributed by atoms with E-state index in [4.69, 9.17) is 0 Å². The summed E-state index contributed by atoms with van der Waals surface area (Å²) in [6.07, 6.45) is -5.96. The van der Waals surface area contributed by atoms with Gasteiger partial charge in [0.2, 0.25) is 0 Å². The smallest absolute Gasteiger partial charge is 0.204 e. The molecule has 0 amide bonds. The molecule has 0 bridgehead atoms. The first-order chi connectivity index (χ1) is 5.10. The summed E-state index contributed by atoms with van der Waals surface area (Å²) in [7, 11) is 0. The van der Waals surface area contributed by atoms with Crippen molar-refractivity contribution in [1.29, 1.82) is 0 Å². The summed E-state index contributed by atoms with van der Waals surface area (Å²) in [4.78, 5) is 0. The second kappa shape index (κ2) is 2.92. The average Bonchev–Trinajstić information content (AvgIpc) is 1.83. The van der Waals surface area contributed by atoms with Crippen LogP contribution in [0.5, 0.6) is 0 Å². The number of alkyl halides is 5. The lowest BCUT2D eigenvalue weighted by Crippen LogP contribution is -2.45. The molecule has 0 radical (unpaired) electrons. The first-order valence-corrected chi connectivity index (χ1v) is 2.35. The minimum atomic E-state index is -5.96. The molecule has 0 rings (SSSR count). The monoisotopic (exact) mass is 197 g/mol. The van der Waals surface area contributed by atoms with Gasteiger partial charge in [0.05, 0.1) is 0 Å². The van der Waals surface area contributed by atoms with Crippen molar-refractivity contribution in [2.24, 2.45) is 0 Å². The van der Waals surface area contributed by atoms with Crippen LogP contribution in [0.1, 0.15) is 0 Å². The highest BCUT2D eigenvalue weighted by atomic mass is 19.4. The van der Waals surface area contributed by atoms with Crippen LogP contribution in [-0.4, -0.2) is 17.5 Å². The highest BCUT2D eigenvalue weighted by Crippen LogP contribution is 2.37. The number of rotatable bonds is 2. The van der Waals surface area contributed by atoms with Gasteiger partial charge in [-0.15, -0.1) is 4.48 Å².